The van der Waals surface area contributed by atoms with E-state index < -0.39 is 10.0 Å². The highest BCUT2D eigenvalue weighted by Gasteiger charge is 2.19. The number of aryl methyl sites for hydroxylation is 2. The average molecular weight is 474 g/mol. The molecule has 1 amide bonds. The van der Waals surface area contributed by atoms with Gasteiger partial charge in [-0.2, -0.15) is 4.98 Å². The molecule has 0 saturated heterocycles. The number of hydrogen-bond donors (Lipinski definition) is 2. The highest BCUT2D eigenvalue weighted by Crippen LogP contribution is 2.20. The summed E-state index contributed by atoms with van der Waals surface area (Å²) >= 11 is 1.18. The molecular formula is C20H23N7O3S2. The fourth-order valence-corrected chi connectivity index (χ4v) is 4.96. The Kier molecular flexibility index (Phi) is 6.15. The Labute approximate surface area is 190 Å². The number of anilines is 1. The molecule has 3 aromatic rings. The summed E-state index contributed by atoms with van der Waals surface area (Å²) in [6.45, 7) is 6.47. The van der Waals surface area contributed by atoms with E-state index in [0.717, 1.165) is 23.4 Å². The Bertz CT molecular complexity index is 1330. The smallest absolute Gasteiger partial charge is 0.262 e. The van der Waals surface area contributed by atoms with Crippen molar-refractivity contribution in [2.45, 2.75) is 43.7 Å². The molecule has 2 aromatic heterocycles. The maximum Gasteiger partial charge on any atom is 0.262 e. The van der Waals surface area contributed by atoms with Crippen LogP contribution in [-0.2, 0) is 14.8 Å². The molecule has 0 fully saturated rings. The summed E-state index contributed by atoms with van der Waals surface area (Å²) in [6.07, 6.45) is 1.44. The number of fused-ring (bicyclic) bond motifs is 1. The Balaban J connectivity index is 1.41. The molecule has 12 heteroatoms. The normalized spacial score (nSPS) is 13.9. The first kappa shape index (κ1) is 22.2. The van der Waals surface area contributed by atoms with E-state index in [0.29, 0.717) is 35.4 Å². The maximum atomic E-state index is 12.6. The topological polar surface area (TPSA) is 131 Å². The molecule has 168 valence electrons. The molecule has 0 unspecified atom stereocenters. The van der Waals surface area contributed by atoms with Gasteiger partial charge in [0.25, 0.3) is 15.8 Å². The molecular weight excluding hydrogens is 450 g/mol. The van der Waals surface area contributed by atoms with Gasteiger partial charge in [0.2, 0.25) is 11.1 Å². The Morgan fingerprint density at radius 2 is 2.03 bits per heavy atom. The third-order valence-corrected chi connectivity index (χ3v) is 7.34. The van der Waals surface area contributed by atoms with Crippen LogP contribution in [0.4, 0.5) is 5.69 Å². The van der Waals surface area contributed by atoms with Crippen molar-refractivity contribution in [3.05, 3.63) is 41.2 Å². The molecule has 1 aromatic carbocycles. The Hall–Kier alpha value is -2.99. The number of hydrogen-bond acceptors (Lipinski definition) is 8. The van der Waals surface area contributed by atoms with Crippen LogP contribution in [0.1, 0.15) is 29.8 Å². The minimum absolute atomic E-state index is 0.0619. The zero-order valence-corrected chi connectivity index (χ0v) is 19.5. The van der Waals surface area contributed by atoms with Crippen molar-refractivity contribution in [2.75, 3.05) is 17.6 Å². The molecule has 0 saturated carbocycles. The lowest BCUT2D eigenvalue weighted by Crippen LogP contribution is -2.29. The van der Waals surface area contributed by atoms with Crippen LogP contribution < -0.4 is 10.0 Å². The molecule has 1 aliphatic heterocycles. The van der Waals surface area contributed by atoms with Crippen LogP contribution in [-0.4, -0.2) is 52.0 Å². The number of sulfonamides is 1. The first-order chi connectivity index (χ1) is 15.2. The molecule has 0 bridgehead atoms. The van der Waals surface area contributed by atoms with E-state index in [1.807, 2.05) is 20.8 Å². The van der Waals surface area contributed by atoms with Crippen molar-refractivity contribution < 1.29 is 13.2 Å². The molecule has 4 rings (SSSR count). The van der Waals surface area contributed by atoms with Crippen molar-refractivity contribution in [3.63, 3.8) is 0 Å². The minimum atomic E-state index is -3.75. The standard InChI is InChI=1S/C20H23N7O3S2/c1-12-13(2)22-19-24-20(25-27(19)14(12)3)31-11-18(28)23-15-6-4-7-16(10-15)32(29,30)26-17-8-5-9-21-17/h4,6-7,10H,5,8-9,11H2,1-3H3,(H,21,26)(H,23,28). The van der Waals surface area contributed by atoms with E-state index in [1.165, 1.54) is 23.9 Å². The monoisotopic (exact) mass is 473 g/mol. The lowest BCUT2D eigenvalue weighted by atomic mass is 10.2. The first-order valence-corrected chi connectivity index (χ1v) is 12.5. The largest absolute Gasteiger partial charge is 0.325 e. The van der Waals surface area contributed by atoms with E-state index in [1.54, 1.807) is 16.6 Å². The van der Waals surface area contributed by atoms with Gasteiger partial charge in [0, 0.05) is 30.0 Å². The predicted molar refractivity (Wildman–Crippen MR) is 123 cm³/mol. The van der Waals surface area contributed by atoms with Gasteiger partial charge in [0.05, 0.1) is 10.6 Å². The number of aliphatic imine (C=N–C) groups is 1. The van der Waals surface area contributed by atoms with Gasteiger partial charge in [-0.05, 0) is 51.0 Å². The average Bonchev–Trinajstić information content (AvgIpc) is 3.40. The molecule has 10 nitrogen and oxygen atoms in total. The summed E-state index contributed by atoms with van der Waals surface area (Å²) in [5, 5.41) is 7.58. The zero-order valence-electron chi connectivity index (χ0n) is 17.9. The molecule has 0 atom stereocenters. The number of thioether (sulfide) groups is 1. The molecule has 3 heterocycles. The Morgan fingerprint density at radius 3 is 2.78 bits per heavy atom. The summed E-state index contributed by atoms with van der Waals surface area (Å²) in [5.74, 6) is 0.727. The van der Waals surface area contributed by atoms with Crippen LogP contribution in [0.2, 0.25) is 0 Å². The number of aromatic nitrogens is 4. The van der Waals surface area contributed by atoms with E-state index in [9.17, 15) is 13.2 Å². The van der Waals surface area contributed by atoms with E-state index in [2.05, 4.69) is 30.1 Å². The number of carbonyl (C=O) groups is 1. The SMILES string of the molecule is Cc1nc2nc(SCC(=O)Nc3cccc(S(=O)(=O)NC4=NCCC4)c3)nn2c(C)c1C. The summed E-state index contributed by atoms with van der Waals surface area (Å²) in [5.41, 5.74) is 3.27. The minimum Gasteiger partial charge on any atom is -0.325 e. The van der Waals surface area contributed by atoms with Crippen molar-refractivity contribution >= 4 is 45.0 Å². The van der Waals surface area contributed by atoms with Gasteiger partial charge in [-0.3, -0.25) is 14.5 Å². The van der Waals surface area contributed by atoms with Gasteiger partial charge < -0.3 is 5.32 Å². The number of nitrogens with zero attached hydrogens (tertiary/aromatic N) is 5. The second-order valence-electron chi connectivity index (χ2n) is 7.42. The van der Waals surface area contributed by atoms with Crippen LogP contribution in [0.25, 0.3) is 5.78 Å². The van der Waals surface area contributed by atoms with Crippen LogP contribution in [0, 0.1) is 20.8 Å². The van der Waals surface area contributed by atoms with Gasteiger partial charge in [-0.1, -0.05) is 17.8 Å². The maximum absolute atomic E-state index is 12.6. The van der Waals surface area contributed by atoms with Crippen LogP contribution >= 0.6 is 11.8 Å². The molecule has 0 radical (unpaired) electrons. The van der Waals surface area contributed by atoms with Gasteiger partial charge in [-0.25, -0.2) is 17.9 Å². The van der Waals surface area contributed by atoms with Crippen LogP contribution in [0.3, 0.4) is 0 Å². The summed E-state index contributed by atoms with van der Waals surface area (Å²) in [4.78, 5) is 25.4. The zero-order chi connectivity index (χ0) is 22.9. The number of nitrogens with one attached hydrogen (secondary N) is 2. The number of benzene rings is 1. The summed E-state index contributed by atoms with van der Waals surface area (Å²) < 4.78 is 29.3. The third kappa shape index (κ3) is 4.75. The molecule has 2 N–H and O–H groups in total. The summed E-state index contributed by atoms with van der Waals surface area (Å²) in [6, 6.07) is 6.11. The lowest BCUT2D eigenvalue weighted by molar-refractivity contribution is -0.113. The van der Waals surface area contributed by atoms with Crippen molar-refractivity contribution in [3.8, 4) is 0 Å². The third-order valence-electron chi connectivity index (χ3n) is 5.13. The van der Waals surface area contributed by atoms with E-state index in [4.69, 9.17) is 0 Å². The highest BCUT2D eigenvalue weighted by molar-refractivity contribution is 7.99. The van der Waals surface area contributed by atoms with Crippen LogP contribution in [0.5, 0.6) is 0 Å². The van der Waals surface area contributed by atoms with E-state index >= 15 is 0 Å². The fraction of sp³-hybridized carbons (Fsp3) is 0.350. The highest BCUT2D eigenvalue weighted by atomic mass is 32.2. The Morgan fingerprint density at radius 1 is 1.22 bits per heavy atom. The van der Waals surface area contributed by atoms with Crippen LogP contribution in [0.15, 0.2) is 39.3 Å². The van der Waals surface area contributed by atoms with Gasteiger partial charge >= 0.3 is 0 Å². The van der Waals surface area contributed by atoms with Crippen molar-refractivity contribution in [1.82, 2.24) is 24.3 Å². The quantitative estimate of drug-likeness (QED) is 0.525. The first-order valence-electron chi connectivity index (χ1n) is 10.0. The number of amidine groups is 1. The molecule has 32 heavy (non-hydrogen) atoms. The summed E-state index contributed by atoms with van der Waals surface area (Å²) in [7, 11) is -3.75. The lowest BCUT2D eigenvalue weighted by Gasteiger charge is -2.10. The molecule has 0 spiro atoms. The second-order valence-corrected chi connectivity index (χ2v) is 10.0. The number of carbonyl (C=O) groups excluding carboxylic acids is 1. The van der Waals surface area contributed by atoms with Crippen molar-refractivity contribution in [1.29, 1.82) is 0 Å². The van der Waals surface area contributed by atoms with Gasteiger partial charge in [0.15, 0.2) is 0 Å². The van der Waals surface area contributed by atoms with Crippen molar-refractivity contribution in [2.24, 2.45) is 4.99 Å². The van der Waals surface area contributed by atoms with E-state index in [-0.39, 0.29) is 16.6 Å². The fourth-order valence-electron chi connectivity index (χ4n) is 3.20. The number of rotatable bonds is 6. The number of amides is 1. The second kappa shape index (κ2) is 8.87. The predicted octanol–water partition coefficient (Wildman–Crippen LogP) is 2.25. The van der Waals surface area contributed by atoms with Gasteiger partial charge in [0.1, 0.15) is 5.84 Å². The molecule has 0 aliphatic carbocycles. The molecule has 1 aliphatic rings. The van der Waals surface area contributed by atoms with Gasteiger partial charge in [-0.15, -0.1) is 5.10 Å².